The summed E-state index contributed by atoms with van der Waals surface area (Å²) >= 11 is 3.12. The number of amides is 2. The van der Waals surface area contributed by atoms with E-state index in [1.807, 2.05) is 0 Å². The van der Waals surface area contributed by atoms with Crippen molar-refractivity contribution in [2.45, 2.75) is 0 Å². The SMILES string of the molecule is COCCNC(=O)CN(C)C(=O)c1ccoc1Br. The zero-order chi connectivity index (χ0) is 13.5. The number of carbonyl (C=O) groups excluding carboxylic acids is 2. The quantitative estimate of drug-likeness (QED) is 0.790. The molecule has 0 spiro atoms. The highest BCUT2D eigenvalue weighted by molar-refractivity contribution is 9.10. The van der Waals surface area contributed by atoms with E-state index < -0.39 is 0 Å². The molecule has 1 aromatic rings. The molecule has 6 nitrogen and oxygen atoms in total. The van der Waals surface area contributed by atoms with Crippen LogP contribution in [0, 0.1) is 0 Å². The Hall–Kier alpha value is -1.34. The number of hydrogen-bond acceptors (Lipinski definition) is 4. The zero-order valence-electron chi connectivity index (χ0n) is 10.2. The van der Waals surface area contributed by atoms with Crippen LogP contribution in [0.25, 0.3) is 0 Å². The molecule has 1 aromatic heterocycles. The van der Waals surface area contributed by atoms with Crippen molar-refractivity contribution in [2.75, 3.05) is 33.9 Å². The minimum atomic E-state index is -0.280. The lowest BCUT2D eigenvalue weighted by Crippen LogP contribution is -2.39. The Kier molecular flexibility index (Phi) is 5.87. The van der Waals surface area contributed by atoms with Gasteiger partial charge in [-0.3, -0.25) is 9.59 Å². The molecule has 1 rings (SSSR count). The topological polar surface area (TPSA) is 71.8 Å². The average molecular weight is 319 g/mol. The summed E-state index contributed by atoms with van der Waals surface area (Å²) in [6.07, 6.45) is 1.41. The number of ether oxygens (including phenoxy) is 1. The van der Waals surface area contributed by atoms with E-state index in [-0.39, 0.29) is 18.4 Å². The minimum Gasteiger partial charge on any atom is -0.457 e. The molecule has 7 heteroatoms. The van der Waals surface area contributed by atoms with Gasteiger partial charge in [0.25, 0.3) is 5.91 Å². The molecule has 0 saturated heterocycles. The summed E-state index contributed by atoms with van der Waals surface area (Å²) in [7, 11) is 3.11. The second-order valence-corrected chi connectivity index (χ2v) is 4.33. The monoisotopic (exact) mass is 318 g/mol. The van der Waals surface area contributed by atoms with Crippen LogP contribution in [-0.2, 0) is 9.53 Å². The second kappa shape index (κ2) is 7.17. The van der Waals surface area contributed by atoms with Crippen LogP contribution in [0.4, 0.5) is 0 Å². The molecule has 0 aromatic carbocycles. The third-order valence-corrected chi connectivity index (χ3v) is 2.82. The van der Waals surface area contributed by atoms with E-state index in [0.29, 0.717) is 23.4 Å². The predicted molar refractivity (Wildman–Crippen MR) is 68.3 cm³/mol. The first-order valence-corrected chi connectivity index (χ1v) is 6.09. The maximum atomic E-state index is 11.9. The summed E-state index contributed by atoms with van der Waals surface area (Å²) in [5, 5.41) is 2.64. The molecule has 0 aliphatic carbocycles. The normalized spacial score (nSPS) is 10.2. The second-order valence-electron chi connectivity index (χ2n) is 3.61. The van der Waals surface area contributed by atoms with Gasteiger partial charge in [-0.15, -0.1) is 0 Å². The van der Waals surface area contributed by atoms with Gasteiger partial charge in [0, 0.05) is 20.7 Å². The van der Waals surface area contributed by atoms with Crippen molar-refractivity contribution in [1.82, 2.24) is 10.2 Å². The third-order valence-electron chi connectivity index (χ3n) is 2.20. The average Bonchev–Trinajstić information content (AvgIpc) is 2.74. The van der Waals surface area contributed by atoms with Crippen molar-refractivity contribution in [2.24, 2.45) is 0 Å². The number of nitrogens with one attached hydrogen (secondary N) is 1. The van der Waals surface area contributed by atoms with Gasteiger partial charge in [0.2, 0.25) is 5.91 Å². The molecule has 0 bridgehead atoms. The fourth-order valence-corrected chi connectivity index (χ4v) is 1.70. The van der Waals surface area contributed by atoms with Gasteiger partial charge in [-0.25, -0.2) is 0 Å². The third kappa shape index (κ3) is 4.15. The number of rotatable bonds is 6. The molecule has 100 valence electrons. The van der Waals surface area contributed by atoms with E-state index in [2.05, 4.69) is 21.2 Å². The van der Waals surface area contributed by atoms with Crippen molar-refractivity contribution < 1.29 is 18.7 Å². The van der Waals surface area contributed by atoms with Crippen LogP contribution in [0.15, 0.2) is 21.4 Å². The molecular weight excluding hydrogens is 304 g/mol. The van der Waals surface area contributed by atoms with Gasteiger partial charge >= 0.3 is 0 Å². The van der Waals surface area contributed by atoms with Gasteiger partial charge in [-0.2, -0.15) is 0 Å². The summed E-state index contributed by atoms with van der Waals surface area (Å²) < 4.78 is 10.1. The standard InChI is InChI=1S/C11H15BrN2O4/c1-14(7-9(15)13-4-6-17-2)11(16)8-3-5-18-10(8)12/h3,5H,4,6-7H2,1-2H3,(H,13,15). The maximum absolute atomic E-state index is 11.9. The zero-order valence-corrected chi connectivity index (χ0v) is 11.8. The van der Waals surface area contributed by atoms with Crippen LogP contribution in [0.3, 0.4) is 0 Å². The molecule has 0 saturated carbocycles. The fraction of sp³-hybridized carbons (Fsp3) is 0.455. The van der Waals surface area contributed by atoms with Gasteiger partial charge < -0.3 is 19.4 Å². The summed E-state index contributed by atoms with van der Waals surface area (Å²) in [5.41, 5.74) is 0.391. The molecule has 0 aliphatic heterocycles. The Morgan fingerprint density at radius 1 is 1.56 bits per heavy atom. The summed E-state index contributed by atoms with van der Waals surface area (Å²) in [4.78, 5) is 24.7. The van der Waals surface area contributed by atoms with Crippen molar-refractivity contribution in [3.8, 4) is 0 Å². The highest BCUT2D eigenvalue weighted by atomic mass is 79.9. The first-order valence-electron chi connectivity index (χ1n) is 5.30. The predicted octanol–water partition coefficient (Wildman–Crippen LogP) is 0.877. The molecule has 0 aliphatic rings. The Labute approximate surface area is 113 Å². The van der Waals surface area contributed by atoms with Gasteiger partial charge in [0.1, 0.15) is 0 Å². The van der Waals surface area contributed by atoms with Gasteiger partial charge in [-0.05, 0) is 22.0 Å². The first-order chi connectivity index (χ1) is 8.56. The van der Waals surface area contributed by atoms with E-state index >= 15 is 0 Å². The van der Waals surface area contributed by atoms with Crippen molar-refractivity contribution in [3.05, 3.63) is 22.6 Å². The molecule has 0 atom stereocenters. The van der Waals surface area contributed by atoms with E-state index in [1.54, 1.807) is 20.2 Å². The Bertz CT molecular complexity index is 419. The number of nitrogens with zero attached hydrogens (tertiary/aromatic N) is 1. The smallest absolute Gasteiger partial charge is 0.258 e. The molecule has 18 heavy (non-hydrogen) atoms. The van der Waals surface area contributed by atoms with Crippen molar-refractivity contribution >= 4 is 27.7 Å². The molecule has 0 fully saturated rings. The lowest BCUT2D eigenvalue weighted by molar-refractivity contribution is -0.121. The molecule has 1 N–H and O–H groups in total. The Morgan fingerprint density at radius 3 is 2.83 bits per heavy atom. The van der Waals surface area contributed by atoms with Crippen LogP contribution in [0.5, 0.6) is 0 Å². The number of carbonyl (C=O) groups is 2. The maximum Gasteiger partial charge on any atom is 0.258 e. The van der Waals surface area contributed by atoms with E-state index in [4.69, 9.17) is 9.15 Å². The molecular formula is C11H15BrN2O4. The molecule has 1 heterocycles. The van der Waals surface area contributed by atoms with Crippen LogP contribution < -0.4 is 5.32 Å². The number of methoxy groups -OCH3 is 1. The number of furan rings is 1. The lowest BCUT2D eigenvalue weighted by Gasteiger charge is -2.16. The lowest BCUT2D eigenvalue weighted by atomic mass is 10.3. The number of likely N-dealkylation sites (N-methyl/N-ethyl adjacent to an activating group) is 1. The van der Waals surface area contributed by atoms with E-state index in [9.17, 15) is 9.59 Å². The number of halogens is 1. The molecule has 2 amide bonds. The van der Waals surface area contributed by atoms with Crippen LogP contribution in [0.1, 0.15) is 10.4 Å². The van der Waals surface area contributed by atoms with Crippen molar-refractivity contribution in [1.29, 1.82) is 0 Å². The number of hydrogen-bond donors (Lipinski definition) is 1. The van der Waals surface area contributed by atoms with Crippen LogP contribution in [-0.4, -0.2) is 50.6 Å². The van der Waals surface area contributed by atoms with Gasteiger partial charge in [-0.1, -0.05) is 0 Å². The van der Waals surface area contributed by atoms with Gasteiger partial charge in [0.15, 0.2) is 4.67 Å². The van der Waals surface area contributed by atoms with E-state index in [0.717, 1.165) is 0 Å². The highest BCUT2D eigenvalue weighted by Crippen LogP contribution is 2.18. The highest BCUT2D eigenvalue weighted by Gasteiger charge is 2.18. The van der Waals surface area contributed by atoms with Crippen molar-refractivity contribution in [3.63, 3.8) is 0 Å². The summed E-state index contributed by atoms with van der Waals surface area (Å²) in [5.74, 6) is -0.514. The summed E-state index contributed by atoms with van der Waals surface area (Å²) in [6, 6.07) is 1.55. The fourth-order valence-electron chi connectivity index (χ4n) is 1.29. The molecule has 0 unspecified atom stereocenters. The van der Waals surface area contributed by atoms with E-state index in [1.165, 1.54) is 11.2 Å². The van der Waals surface area contributed by atoms with Crippen LogP contribution >= 0.6 is 15.9 Å². The van der Waals surface area contributed by atoms with Crippen LogP contribution in [0.2, 0.25) is 0 Å². The Morgan fingerprint density at radius 2 is 2.28 bits per heavy atom. The minimum absolute atomic E-state index is 0.0137. The Balaban J connectivity index is 2.45. The first kappa shape index (κ1) is 14.7. The molecule has 0 radical (unpaired) electrons. The summed E-state index contributed by atoms with van der Waals surface area (Å²) in [6.45, 7) is 0.851. The largest absolute Gasteiger partial charge is 0.457 e. The van der Waals surface area contributed by atoms with Gasteiger partial charge in [0.05, 0.1) is 25.0 Å².